The summed E-state index contributed by atoms with van der Waals surface area (Å²) in [6.45, 7) is 10.6. The van der Waals surface area contributed by atoms with E-state index in [4.69, 9.17) is 18.4 Å². The Bertz CT molecular complexity index is 1290. The lowest BCUT2D eigenvalue weighted by molar-refractivity contribution is 0.0436. The Morgan fingerprint density at radius 2 is 1.80 bits per heavy atom. The minimum atomic E-state index is -3.49. The van der Waals surface area contributed by atoms with Crippen LogP contribution in [0.4, 0.5) is 9.59 Å². The van der Waals surface area contributed by atoms with E-state index in [-0.39, 0.29) is 13.2 Å². The molecule has 0 unspecified atom stereocenters. The van der Waals surface area contributed by atoms with Crippen LogP contribution in [-0.2, 0) is 36.7 Å². The minimum Gasteiger partial charge on any atom is -0.493 e. The molecule has 11 heteroatoms. The number of hydrogen-bond acceptors (Lipinski definition) is 8. The summed E-state index contributed by atoms with van der Waals surface area (Å²) < 4.78 is 44.0. The predicted molar refractivity (Wildman–Crippen MR) is 155 cm³/mol. The summed E-state index contributed by atoms with van der Waals surface area (Å²) in [5.74, 6) is 0.962. The van der Waals surface area contributed by atoms with Crippen LogP contribution in [-0.4, -0.2) is 69.3 Å². The van der Waals surface area contributed by atoms with Crippen molar-refractivity contribution in [2.45, 2.75) is 77.7 Å². The summed E-state index contributed by atoms with van der Waals surface area (Å²) in [5.41, 5.74) is 2.37. The Morgan fingerprint density at radius 1 is 1.10 bits per heavy atom. The van der Waals surface area contributed by atoms with Gasteiger partial charge < -0.3 is 24.4 Å². The highest BCUT2D eigenvalue weighted by atomic mass is 32.2. The number of nitrogens with zero attached hydrogens (tertiary/aromatic N) is 1. The summed E-state index contributed by atoms with van der Waals surface area (Å²) in [6, 6.07) is 15.0. The van der Waals surface area contributed by atoms with Gasteiger partial charge in [-0.2, -0.15) is 8.42 Å². The molecule has 1 heterocycles. The maximum atomic E-state index is 12.9. The zero-order valence-corrected chi connectivity index (χ0v) is 25.5. The number of benzene rings is 2. The molecule has 3 rings (SSSR count). The quantitative estimate of drug-likeness (QED) is 0.255. The van der Waals surface area contributed by atoms with Gasteiger partial charge in [0.25, 0.3) is 10.1 Å². The van der Waals surface area contributed by atoms with E-state index in [2.05, 4.69) is 31.3 Å². The Balaban J connectivity index is 1.69. The molecule has 2 aromatic rings. The van der Waals surface area contributed by atoms with Gasteiger partial charge in [-0.1, -0.05) is 50.2 Å². The summed E-state index contributed by atoms with van der Waals surface area (Å²) in [7, 11) is -3.49. The van der Waals surface area contributed by atoms with E-state index in [1.54, 1.807) is 31.7 Å². The number of hydrogen-bond donors (Lipinski definition) is 1. The number of ether oxygens (including phenoxy) is 3. The molecule has 0 radical (unpaired) electrons. The van der Waals surface area contributed by atoms with Crippen molar-refractivity contribution in [3.63, 3.8) is 0 Å². The van der Waals surface area contributed by atoms with Gasteiger partial charge in [-0.15, -0.1) is 0 Å². The van der Waals surface area contributed by atoms with Crippen molar-refractivity contribution in [1.29, 1.82) is 0 Å². The molecular formula is C30H42N2O8S. The molecule has 2 atom stereocenters. The van der Waals surface area contributed by atoms with Crippen molar-refractivity contribution in [2.24, 2.45) is 0 Å². The first kappa shape index (κ1) is 32.2. The van der Waals surface area contributed by atoms with Crippen molar-refractivity contribution in [2.75, 3.05) is 26.0 Å². The number of amides is 2. The molecule has 0 aliphatic carbocycles. The van der Waals surface area contributed by atoms with Gasteiger partial charge in [0.05, 0.1) is 32.1 Å². The van der Waals surface area contributed by atoms with Crippen LogP contribution in [0.5, 0.6) is 5.75 Å². The first-order valence-corrected chi connectivity index (χ1v) is 15.6. The zero-order chi connectivity index (χ0) is 30.2. The van der Waals surface area contributed by atoms with Crippen LogP contribution >= 0.6 is 0 Å². The normalized spacial score (nSPS) is 16.4. The number of nitrogens with one attached hydrogen (secondary N) is 1. The molecule has 10 nitrogen and oxygen atoms in total. The van der Waals surface area contributed by atoms with Gasteiger partial charge in [0, 0.05) is 13.0 Å². The largest absolute Gasteiger partial charge is 0.493 e. The van der Waals surface area contributed by atoms with Gasteiger partial charge >= 0.3 is 12.2 Å². The molecule has 0 bridgehead atoms. The standard InChI is InChI=1S/C30H42N2O8S/c1-21(2)24-12-7-11-23(16-24)19-32-20-27(39-29(32)34)26(31-28(33)40-30(3,4)5)18-22-10-8-13-25(17-22)37-14-9-15-38-41(6,35)36/h7-8,10-13,16-17,21,26-27H,9,14-15,18-20H2,1-6H3,(H,31,33)/t26-,27+/m0/s1. The van der Waals surface area contributed by atoms with Gasteiger partial charge in [0.2, 0.25) is 0 Å². The number of rotatable bonds is 13. The lowest BCUT2D eigenvalue weighted by atomic mass is 10.00. The van der Waals surface area contributed by atoms with Gasteiger partial charge in [-0.25, -0.2) is 9.59 Å². The molecule has 1 aliphatic rings. The summed E-state index contributed by atoms with van der Waals surface area (Å²) >= 11 is 0. The number of alkyl carbamates (subject to hydrolysis) is 1. The van der Waals surface area contributed by atoms with Gasteiger partial charge in [0.1, 0.15) is 17.5 Å². The van der Waals surface area contributed by atoms with Gasteiger partial charge in [-0.05, 0) is 61.9 Å². The SMILES string of the molecule is CC(C)c1cccc(CN2C[C@H]([C@H](Cc3cccc(OCCCOS(C)(=O)=O)c3)NC(=O)OC(C)(C)C)OC2=O)c1. The number of cyclic esters (lactones) is 1. The Hall–Kier alpha value is -3.31. The molecule has 1 saturated heterocycles. The van der Waals surface area contributed by atoms with Crippen LogP contribution in [0.3, 0.4) is 0 Å². The van der Waals surface area contributed by atoms with E-state index in [9.17, 15) is 18.0 Å². The lowest BCUT2D eigenvalue weighted by Crippen LogP contribution is -2.48. The molecule has 226 valence electrons. The van der Waals surface area contributed by atoms with Crippen molar-refractivity contribution >= 4 is 22.3 Å². The van der Waals surface area contributed by atoms with E-state index >= 15 is 0 Å². The maximum Gasteiger partial charge on any atom is 0.410 e. The Labute approximate surface area is 243 Å². The fourth-order valence-corrected chi connectivity index (χ4v) is 4.77. The highest BCUT2D eigenvalue weighted by molar-refractivity contribution is 7.85. The third-order valence-corrected chi connectivity index (χ3v) is 6.86. The van der Waals surface area contributed by atoms with Crippen LogP contribution in [0, 0.1) is 0 Å². The van der Waals surface area contributed by atoms with Crippen molar-refractivity contribution < 1.29 is 36.4 Å². The smallest absolute Gasteiger partial charge is 0.410 e. The first-order valence-electron chi connectivity index (χ1n) is 13.8. The van der Waals surface area contributed by atoms with Crippen molar-refractivity contribution in [3.05, 3.63) is 65.2 Å². The van der Waals surface area contributed by atoms with Crippen LogP contribution in [0.2, 0.25) is 0 Å². The molecule has 1 N–H and O–H groups in total. The average molecular weight is 591 g/mol. The van der Waals surface area contributed by atoms with E-state index < -0.39 is 40.1 Å². The Morgan fingerprint density at radius 3 is 2.49 bits per heavy atom. The topological polar surface area (TPSA) is 120 Å². The maximum absolute atomic E-state index is 12.9. The molecular weight excluding hydrogens is 548 g/mol. The molecule has 2 aromatic carbocycles. The van der Waals surface area contributed by atoms with E-state index in [0.29, 0.717) is 37.6 Å². The average Bonchev–Trinajstić information content (AvgIpc) is 3.22. The number of carbonyl (C=O) groups is 2. The second kappa shape index (κ2) is 14.0. The molecule has 1 fully saturated rings. The molecule has 0 aromatic heterocycles. The summed E-state index contributed by atoms with van der Waals surface area (Å²) in [6.07, 6.45) is 0.135. The third-order valence-electron chi connectivity index (χ3n) is 6.26. The molecule has 41 heavy (non-hydrogen) atoms. The van der Waals surface area contributed by atoms with Gasteiger partial charge in [0.15, 0.2) is 0 Å². The van der Waals surface area contributed by atoms with Crippen LogP contribution in [0.15, 0.2) is 48.5 Å². The zero-order valence-electron chi connectivity index (χ0n) is 24.7. The van der Waals surface area contributed by atoms with Crippen LogP contribution in [0.1, 0.15) is 63.6 Å². The third kappa shape index (κ3) is 11.2. The minimum absolute atomic E-state index is 0.0335. The Kier molecular flexibility index (Phi) is 11.0. The van der Waals surface area contributed by atoms with E-state index in [0.717, 1.165) is 17.4 Å². The summed E-state index contributed by atoms with van der Waals surface area (Å²) in [4.78, 5) is 27.2. The molecule has 2 amide bonds. The predicted octanol–water partition coefficient (Wildman–Crippen LogP) is 5.01. The fourth-order valence-electron chi connectivity index (χ4n) is 4.35. The molecule has 0 saturated carbocycles. The van der Waals surface area contributed by atoms with Crippen LogP contribution < -0.4 is 10.1 Å². The number of carbonyl (C=O) groups excluding carboxylic acids is 2. The first-order chi connectivity index (χ1) is 19.2. The van der Waals surface area contributed by atoms with Crippen molar-refractivity contribution in [1.82, 2.24) is 10.2 Å². The van der Waals surface area contributed by atoms with Crippen LogP contribution in [0.25, 0.3) is 0 Å². The highest BCUT2D eigenvalue weighted by Crippen LogP contribution is 2.23. The second-order valence-corrected chi connectivity index (χ2v) is 13.2. The lowest BCUT2D eigenvalue weighted by Gasteiger charge is -2.26. The fraction of sp³-hybridized carbons (Fsp3) is 0.533. The highest BCUT2D eigenvalue weighted by Gasteiger charge is 2.38. The van der Waals surface area contributed by atoms with E-state index in [1.165, 1.54) is 5.56 Å². The van der Waals surface area contributed by atoms with Crippen molar-refractivity contribution in [3.8, 4) is 5.75 Å². The monoisotopic (exact) mass is 590 g/mol. The summed E-state index contributed by atoms with van der Waals surface area (Å²) in [5, 5.41) is 2.91. The molecule has 0 spiro atoms. The van der Waals surface area contributed by atoms with Gasteiger partial charge in [-0.3, -0.25) is 4.18 Å². The van der Waals surface area contributed by atoms with E-state index in [1.807, 2.05) is 30.3 Å². The second-order valence-electron chi connectivity index (χ2n) is 11.5. The molecule has 1 aliphatic heterocycles.